The van der Waals surface area contributed by atoms with E-state index in [9.17, 15) is 4.79 Å². The Morgan fingerprint density at radius 1 is 1.23 bits per heavy atom. The zero-order valence-corrected chi connectivity index (χ0v) is 18.8. The molecule has 2 aromatic carbocycles. The molecule has 0 bridgehead atoms. The van der Waals surface area contributed by atoms with Gasteiger partial charge in [-0.05, 0) is 37.1 Å². The van der Waals surface area contributed by atoms with Gasteiger partial charge < -0.3 is 15.5 Å². The normalized spacial score (nSPS) is 17.7. The molecule has 0 saturated heterocycles. The first-order valence-corrected chi connectivity index (χ1v) is 10.8. The highest BCUT2D eigenvalue weighted by Gasteiger charge is 2.14. The molecule has 5 heteroatoms. The molecular formula is C26H36N4O. The second-order valence-corrected chi connectivity index (χ2v) is 8.00. The van der Waals surface area contributed by atoms with Crippen LogP contribution in [0.3, 0.4) is 0 Å². The van der Waals surface area contributed by atoms with Gasteiger partial charge in [0.05, 0.1) is 18.3 Å². The number of hydrogen-bond donors (Lipinski definition) is 2. The molecule has 166 valence electrons. The standard InChI is InChI=1S/C26H32N4O.2H2/c1-5-30(4)18-25-19(2)14-24(17-27-25)28-20(3)22-12-9-13-23(16-22)29-26(31)15-21-10-7-6-8-11-21;;/h6-14,16-20,28H,5,15H2,1-4H3,(H,29,31);2*1H/b25-18+;;/t19?,20-;;/m0../s1. The summed E-state index contributed by atoms with van der Waals surface area (Å²) >= 11 is 0. The topological polar surface area (TPSA) is 56.7 Å². The number of carbonyl (C=O) groups excluding carboxylic acids is 1. The lowest BCUT2D eigenvalue weighted by molar-refractivity contribution is -0.115. The summed E-state index contributed by atoms with van der Waals surface area (Å²) in [4.78, 5) is 19.1. The summed E-state index contributed by atoms with van der Waals surface area (Å²) in [6, 6.07) is 17.8. The largest absolute Gasteiger partial charge is 0.379 e. The molecule has 2 aromatic rings. The van der Waals surface area contributed by atoms with E-state index in [0.29, 0.717) is 6.42 Å². The first kappa shape index (κ1) is 22.3. The average Bonchev–Trinajstić information content (AvgIpc) is 2.76. The molecule has 0 spiro atoms. The zero-order valence-electron chi connectivity index (χ0n) is 18.8. The third kappa shape index (κ3) is 6.57. The number of amides is 1. The van der Waals surface area contributed by atoms with Crippen LogP contribution in [0.25, 0.3) is 0 Å². The Balaban J connectivity index is 0.00000272. The predicted octanol–water partition coefficient (Wildman–Crippen LogP) is 5.41. The molecule has 0 aliphatic carbocycles. The van der Waals surface area contributed by atoms with Gasteiger partial charge in [0.1, 0.15) is 0 Å². The molecular weight excluding hydrogens is 384 g/mol. The summed E-state index contributed by atoms with van der Waals surface area (Å²) < 4.78 is 0. The molecule has 0 radical (unpaired) electrons. The minimum atomic E-state index is -0.0173. The SMILES string of the molecule is CCN(C)/C=C1/N=CC(N[C@@H](C)c2cccc(NC(=O)Cc3ccccc3)c2)=CC1C.[HH].[HH]. The third-order valence-electron chi connectivity index (χ3n) is 5.36. The van der Waals surface area contributed by atoms with Gasteiger partial charge in [-0.2, -0.15) is 0 Å². The fourth-order valence-electron chi connectivity index (χ4n) is 3.42. The van der Waals surface area contributed by atoms with Crippen LogP contribution < -0.4 is 10.6 Å². The Bertz CT molecular complexity index is 989. The van der Waals surface area contributed by atoms with E-state index < -0.39 is 0 Å². The van der Waals surface area contributed by atoms with Crippen LogP contribution in [0.2, 0.25) is 0 Å². The van der Waals surface area contributed by atoms with Crippen LogP contribution in [0.1, 0.15) is 40.8 Å². The van der Waals surface area contributed by atoms with Gasteiger partial charge in [0, 0.05) is 46.0 Å². The van der Waals surface area contributed by atoms with Crippen LogP contribution in [0.15, 0.2) is 83.3 Å². The van der Waals surface area contributed by atoms with Crippen molar-refractivity contribution in [3.05, 3.63) is 89.4 Å². The van der Waals surface area contributed by atoms with E-state index in [4.69, 9.17) is 0 Å². The highest BCUT2D eigenvalue weighted by Crippen LogP contribution is 2.23. The fraction of sp³-hybridized carbons (Fsp3) is 0.308. The molecule has 5 nitrogen and oxygen atoms in total. The number of nitrogens with zero attached hydrogens (tertiary/aromatic N) is 2. The van der Waals surface area contributed by atoms with Crippen molar-refractivity contribution < 1.29 is 7.65 Å². The maximum Gasteiger partial charge on any atom is 0.228 e. The third-order valence-corrected chi connectivity index (χ3v) is 5.36. The molecule has 31 heavy (non-hydrogen) atoms. The zero-order chi connectivity index (χ0) is 22.2. The van der Waals surface area contributed by atoms with Gasteiger partial charge >= 0.3 is 0 Å². The van der Waals surface area contributed by atoms with Crippen molar-refractivity contribution in [3.63, 3.8) is 0 Å². The second kappa shape index (κ2) is 10.6. The van der Waals surface area contributed by atoms with Gasteiger partial charge in [0.25, 0.3) is 0 Å². The van der Waals surface area contributed by atoms with Crippen LogP contribution in [0, 0.1) is 5.92 Å². The average molecular weight is 421 g/mol. The molecule has 1 aliphatic heterocycles. The lowest BCUT2D eigenvalue weighted by Crippen LogP contribution is -2.22. The molecule has 2 atom stereocenters. The maximum absolute atomic E-state index is 12.4. The number of hydrogen-bond acceptors (Lipinski definition) is 4. The number of benzene rings is 2. The summed E-state index contributed by atoms with van der Waals surface area (Å²) in [6.07, 6.45) is 6.55. The van der Waals surface area contributed by atoms with Gasteiger partial charge in [0.15, 0.2) is 0 Å². The van der Waals surface area contributed by atoms with Gasteiger partial charge in [-0.25, -0.2) is 0 Å². The van der Waals surface area contributed by atoms with E-state index in [1.165, 1.54) is 0 Å². The predicted molar refractivity (Wildman–Crippen MR) is 133 cm³/mol. The Hall–Kier alpha value is -3.34. The van der Waals surface area contributed by atoms with Crippen LogP contribution in [0.4, 0.5) is 5.69 Å². The second-order valence-electron chi connectivity index (χ2n) is 8.00. The molecule has 2 N–H and O–H groups in total. The lowest BCUT2D eigenvalue weighted by atomic mass is 10.0. The Morgan fingerprint density at radius 3 is 2.71 bits per heavy atom. The van der Waals surface area contributed by atoms with Crippen molar-refractivity contribution in [3.8, 4) is 0 Å². The van der Waals surface area contributed by atoms with Crippen molar-refractivity contribution >= 4 is 17.8 Å². The first-order valence-electron chi connectivity index (χ1n) is 10.8. The highest BCUT2D eigenvalue weighted by atomic mass is 16.1. The van der Waals surface area contributed by atoms with Gasteiger partial charge in [-0.1, -0.05) is 55.5 Å². The molecule has 0 fully saturated rings. The number of allylic oxidation sites excluding steroid dienone is 2. The van der Waals surface area contributed by atoms with Gasteiger partial charge in [-0.15, -0.1) is 0 Å². The monoisotopic (exact) mass is 420 g/mol. The van der Waals surface area contributed by atoms with Crippen LogP contribution in [-0.4, -0.2) is 30.6 Å². The summed E-state index contributed by atoms with van der Waals surface area (Å²) in [7, 11) is 2.06. The summed E-state index contributed by atoms with van der Waals surface area (Å²) in [5, 5.41) is 6.54. The van der Waals surface area contributed by atoms with E-state index >= 15 is 0 Å². The molecule has 0 aromatic heterocycles. The van der Waals surface area contributed by atoms with Crippen molar-refractivity contribution in [2.75, 3.05) is 18.9 Å². The minimum absolute atomic E-state index is 0. The van der Waals surface area contributed by atoms with Crippen LogP contribution in [0.5, 0.6) is 0 Å². The lowest BCUT2D eigenvalue weighted by Gasteiger charge is -2.22. The van der Waals surface area contributed by atoms with E-state index in [2.05, 4.69) is 66.7 Å². The molecule has 0 saturated carbocycles. The van der Waals surface area contributed by atoms with Gasteiger partial charge in [-0.3, -0.25) is 9.79 Å². The molecule has 1 aliphatic rings. The van der Waals surface area contributed by atoms with Crippen molar-refractivity contribution in [1.29, 1.82) is 0 Å². The highest BCUT2D eigenvalue weighted by molar-refractivity contribution is 5.92. The van der Waals surface area contributed by atoms with Crippen LogP contribution >= 0.6 is 0 Å². The van der Waals surface area contributed by atoms with Crippen molar-refractivity contribution in [1.82, 2.24) is 10.2 Å². The Kier molecular flexibility index (Phi) is 7.65. The molecule has 1 amide bonds. The number of anilines is 1. The summed E-state index contributed by atoms with van der Waals surface area (Å²) in [5.74, 6) is 0.230. The summed E-state index contributed by atoms with van der Waals surface area (Å²) in [5.41, 5.74) is 4.98. The number of rotatable bonds is 8. The number of nitrogens with one attached hydrogen (secondary N) is 2. The smallest absolute Gasteiger partial charge is 0.228 e. The molecule has 3 rings (SSSR count). The molecule has 1 heterocycles. The maximum atomic E-state index is 12.4. The van der Waals surface area contributed by atoms with E-state index in [1.54, 1.807) is 0 Å². The number of aliphatic imine (C=N–C) groups is 1. The molecule has 1 unspecified atom stereocenters. The van der Waals surface area contributed by atoms with E-state index in [0.717, 1.165) is 34.8 Å². The van der Waals surface area contributed by atoms with E-state index in [-0.39, 0.29) is 20.7 Å². The fourth-order valence-corrected chi connectivity index (χ4v) is 3.42. The Labute approximate surface area is 188 Å². The minimum Gasteiger partial charge on any atom is -0.379 e. The van der Waals surface area contributed by atoms with Crippen molar-refractivity contribution in [2.45, 2.75) is 33.2 Å². The quantitative estimate of drug-likeness (QED) is 0.600. The van der Waals surface area contributed by atoms with Gasteiger partial charge in [0.2, 0.25) is 5.91 Å². The van der Waals surface area contributed by atoms with Crippen LogP contribution in [-0.2, 0) is 11.2 Å². The number of dihydropyridines is 1. The van der Waals surface area contributed by atoms with E-state index in [1.807, 2.05) is 54.7 Å². The summed E-state index contributed by atoms with van der Waals surface area (Å²) in [6.45, 7) is 7.34. The number of carbonyl (C=O) groups is 1. The first-order chi connectivity index (χ1) is 14.9. The van der Waals surface area contributed by atoms with Crippen molar-refractivity contribution in [2.24, 2.45) is 10.9 Å². The Morgan fingerprint density at radius 2 is 2.00 bits per heavy atom.